The molecule has 1 aromatic heterocycles. The molecule has 3 heterocycles. The number of amides is 1. The maximum Gasteiger partial charge on any atom is 0.281 e. The molecule has 2 aromatic carbocycles. The molecule has 2 aliphatic rings. The molecule has 1 spiro atoms. The van der Waals surface area contributed by atoms with Gasteiger partial charge in [-0.05, 0) is 24.5 Å². The Kier molecular flexibility index (Phi) is 4.65. The molecular formula is C22H16F3N3O2S. The van der Waals surface area contributed by atoms with E-state index in [0.29, 0.717) is 38.4 Å². The van der Waals surface area contributed by atoms with Gasteiger partial charge in [0.05, 0.1) is 21.2 Å². The summed E-state index contributed by atoms with van der Waals surface area (Å²) in [5.74, 6) is -4.56. The molecular weight excluding hydrogens is 427 g/mol. The first-order valence-electron chi connectivity index (χ1n) is 9.79. The molecule has 2 aliphatic heterocycles. The van der Waals surface area contributed by atoms with Gasteiger partial charge in [0.15, 0.2) is 22.6 Å². The fourth-order valence-electron chi connectivity index (χ4n) is 4.22. The van der Waals surface area contributed by atoms with E-state index in [1.54, 1.807) is 4.90 Å². The van der Waals surface area contributed by atoms with Crippen molar-refractivity contribution in [1.82, 2.24) is 4.98 Å². The first-order valence-corrected chi connectivity index (χ1v) is 10.6. The molecule has 0 saturated carbocycles. The molecule has 0 unspecified atom stereocenters. The van der Waals surface area contributed by atoms with Gasteiger partial charge in [-0.1, -0.05) is 41.7 Å². The van der Waals surface area contributed by atoms with E-state index in [-0.39, 0.29) is 21.1 Å². The second-order valence-corrected chi connectivity index (χ2v) is 8.82. The molecule has 5 rings (SSSR count). The normalized spacial score (nSPS) is 18.1. The second kappa shape index (κ2) is 7.26. The number of hydrogen-bond donors (Lipinski definition) is 0. The van der Waals surface area contributed by atoms with E-state index in [0.717, 1.165) is 22.6 Å². The van der Waals surface area contributed by atoms with E-state index in [1.165, 1.54) is 0 Å². The maximum atomic E-state index is 14.2. The van der Waals surface area contributed by atoms with Crippen molar-refractivity contribution in [3.63, 3.8) is 0 Å². The zero-order valence-corrected chi connectivity index (χ0v) is 17.0. The fourth-order valence-corrected chi connectivity index (χ4v) is 5.28. The predicted molar refractivity (Wildman–Crippen MR) is 112 cm³/mol. The third-order valence-electron chi connectivity index (χ3n) is 6.03. The lowest BCUT2D eigenvalue weighted by Gasteiger charge is -2.37. The highest BCUT2D eigenvalue weighted by atomic mass is 32.1. The van der Waals surface area contributed by atoms with Crippen molar-refractivity contribution >= 4 is 38.2 Å². The van der Waals surface area contributed by atoms with Crippen molar-refractivity contribution in [3.8, 4) is 0 Å². The molecule has 1 fully saturated rings. The number of carbonyl (C=O) groups excluding carboxylic acids is 1. The van der Waals surface area contributed by atoms with E-state index in [4.69, 9.17) is 0 Å². The monoisotopic (exact) mass is 443 g/mol. The van der Waals surface area contributed by atoms with E-state index in [9.17, 15) is 22.8 Å². The summed E-state index contributed by atoms with van der Waals surface area (Å²) in [6, 6.07) is 10.2. The average molecular weight is 443 g/mol. The Labute approximate surface area is 178 Å². The highest BCUT2D eigenvalue weighted by Crippen LogP contribution is 2.43. The maximum absolute atomic E-state index is 14.2. The minimum absolute atomic E-state index is 0.144. The third kappa shape index (κ3) is 3.23. The number of anilines is 1. The molecule has 158 valence electrons. The van der Waals surface area contributed by atoms with Gasteiger partial charge in [0, 0.05) is 19.5 Å². The van der Waals surface area contributed by atoms with Crippen LogP contribution in [0.5, 0.6) is 0 Å². The topological polar surface area (TPSA) is 62.6 Å². The number of aliphatic imine (C=N–C) groups is 1. The number of fused-ring (bicyclic) bond motifs is 1. The van der Waals surface area contributed by atoms with Crippen LogP contribution < -0.4 is 10.5 Å². The molecule has 0 N–H and O–H groups in total. The summed E-state index contributed by atoms with van der Waals surface area (Å²) in [6.07, 6.45) is 1.56. The largest absolute Gasteiger partial charge is 0.348 e. The number of benzene rings is 2. The van der Waals surface area contributed by atoms with Crippen LogP contribution in [0, 0.1) is 22.9 Å². The number of nitrogens with zero attached hydrogens (tertiary/aromatic N) is 3. The van der Waals surface area contributed by atoms with Gasteiger partial charge in [-0.25, -0.2) is 18.2 Å². The molecule has 3 aromatic rings. The Morgan fingerprint density at radius 3 is 2.42 bits per heavy atom. The van der Waals surface area contributed by atoms with E-state index in [1.807, 2.05) is 30.3 Å². The molecule has 5 nitrogen and oxygen atoms in total. The summed E-state index contributed by atoms with van der Waals surface area (Å²) >= 11 is 0.806. The van der Waals surface area contributed by atoms with Gasteiger partial charge in [-0.2, -0.15) is 4.98 Å². The number of halogens is 3. The zero-order chi connectivity index (χ0) is 21.8. The lowest BCUT2D eigenvalue weighted by atomic mass is 9.75. The third-order valence-corrected chi connectivity index (χ3v) is 7.17. The van der Waals surface area contributed by atoms with Gasteiger partial charge in [0.2, 0.25) is 0 Å². The SMILES string of the molecule is O=C1N=C(c2ccccc2)CC12CCN(c1nc(=O)c3cc(F)c(F)c(F)c3s1)CC2. The summed E-state index contributed by atoms with van der Waals surface area (Å²) in [5, 5.41) is -0.0580. The van der Waals surface area contributed by atoms with Crippen molar-refractivity contribution in [3.05, 3.63) is 69.8 Å². The number of rotatable bonds is 2. The van der Waals surface area contributed by atoms with Crippen LogP contribution in [0.25, 0.3) is 10.1 Å². The van der Waals surface area contributed by atoms with Crippen LogP contribution in [0.15, 0.2) is 46.2 Å². The van der Waals surface area contributed by atoms with Crippen LogP contribution in [0.4, 0.5) is 18.3 Å². The van der Waals surface area contributed by atoms with Gasteiger partial charge in [0.1, 0.15) is 0 Å². The molecule has 0 atom stereocenters. The summed E-state index contributed by atoms with van der Waals surface area (Å²) in [4.78, 5) is 35.0. The number of hydrogen-bond acceptors (Lipinski definition) is 5. The predicted octanol–water partition coefficient (Wildman–Crippen LogP) is 4.08. The molecule has 0 aliphatic carbocycles. The summed E-state index contributed by atoms with van der Waals surface area (Å²) < 4.78 is 41.1. The van der Waals surface area contributed by atoms with Crippen molar-refractivity contribution in [2.75, 3.05) is 18.0 Å². The van der Waals surface area contributed by atoms with E-state index < -0.39 is 28.4 Å². The van der Waals surface area contributed by atoms with Crippen LogP contribution in [0.1, 0.15) is 24.8 Å². The molecule has 1 saturated heterocycles. The van der Waals surface area contributed by atoms with Crippen LogP contribution in [0.3, 0.4) is 0 Å². The lowest BCUT2D eigenvalue weighted by Crippen LogP contribution is -2.43. The van der Waals surface area contributed by atoms with Crippen molar-refractivity contribution < 1.29 is 18.0 Å². The van der Waals surface area contributed by atoms with E-state index in [2.05, 4.69) is 9.98 Å². The van der Waals surface area contributed by atoms with Crippen LogP contribution in [0.2, 0.25) is 0 Å². The van der Waals surface area contributed by atoms with Gasteiger partial charge < -0.3 is 4.90 Å². The van der Waals surface area contributed by atoms with Gasteiger partial charge in [-0.15, -0.1) is 0 Å². The summed E-state index contributed by atoms with van der Waals surface area (Å²) in [5.41, 5.74) is 0.291. The Morgan fingerprint density at radius 2 is 1.71 bits per heavy atom. The fraction of sp³-hybridized carbons (Fsp3) is 0.273. The van der Waals surface area contributed by atoms with Crippen LogP contribution >= 0.6 is 11.3 Å². The highest BCUT2D eigenvalue weighted by molar-refractivity contribution is 7.21. The van der Waals surface area contributed by atoms with Gasteiger partial charge >= 0.3 is 0 Å². The van der Waals surface area contributed by atoms with Crippen molar-refractivity contribution in [1.29, 1.82) is 0 Å². The number of carbonyl (C=O) groups is 1. The quantitative estimate of drug-likeness (QED) is 0.560. The van der Waals surface area contributed by atoms with Crippen molar-refractivity contribution in [2.45, 2.75) is 19.3 Å². The lowest BCUT2D eigenvalue weighted by molar-refractivity contribution is -0.127. The first-order chi connectivity index (χ1) is 14.9. The van der Waals surface area contributed by atoms with Gasteiger partial charge in [0.25, 0.3) is 11.5 Å². The van der Waals surface area contributed by atoms with Crippen LogP contribution in [-0.4, -0.2) is 29.7 Å². The van der Waals surface area contributed by atoms with Gasteiger partial charge in [-0.3, -0.25) is 9.59 Å². The molecule has 0 radical (unpaired) electrons. The Morgan fingerprint density at radius 1 is 1.00 bits per heavy atom. The molecule has 0 bridgehead atoms. The Balaban J connectivity index is 1.40. The first kappa shape index (κ1) is 19.9. The summed E-state index contributed by atoms with van der Waals surface area (Å²) in [7, 11) is 0. The molecule has 1 amide bonds. The highest BCUT2D eigenvalue weighted by Gasteiger charge is 2.46. The summed E-state index contributed by atoms with van der Waals surface area (Å²) in [6.45, 7) is 0.839. The Bertz CT molecular complexity index is 1300. The molecule has 9 heteroatoms. The average Bonchev–Trinajstić information content (AvgIpc) is 3.09. The zero-order valence-electron chi connectivity index (χ0n) is 16.2. The second-order valence-electron chi connectivity index (χ2n) is 7.84. The standard InChI is InChI=1S/C22H16F3N3O2S/c23-14-10-13-18(17(25)16(14)24)31-21(27-19(13)29)28-8-6-22(7-9-28)11-15(26-20(22)30)12-4-2-1-3-5-12/h1-5,10H,6-9,11H2. The number of aromatic nitrogens is 1. The minimum atomic E-state index is -1.61. The van der Waals surface area contributed by atoms with E-state index >= 15 is 0 Å². The Hall–Kier alpha value is -3.07. The molecule has 31 heavy (non-hydrogen) atoms. The minimum Gasteiger partial charge on any atom is -0.348 e. The van der Waals surface area contributed by atoms with Crippen molar-refractivity contribution in [2.24, 2.45) is 10.4 Å². The number of piperidine rings is 1. The smallest absolute Gasteiger partial charge is 0.281 e. The van der Waals surface area contributed by atoms with Crippen LogP contribution in [-0.2, 0) is 4.79 Å².